The van der Waals surface area contributed by atoms with E-state index in [1.807, 2.05) is 12.1 Å². The lowest BCUT2D eigenvalue weighted by molar-refractivity contribution is -0.437. The number of hydrogen-bond acceptors (Lipinski definition) is 4. The van der Waals surface area contributed by atoms with E-state index >= 15 is 0 Å². The van der Waals surface area contributed by atoms with E-state index in [0.717, 1.165) is 40.6 Å². The molecule has 0 fully saturated rings. The van der Waals surface area contributed by atoms with Crippen LogP contribution in [0.4, 0.5) is 11.4 Å². The monoisotopic (exact) mass is 473 g/mol. The van der Waals surface area contributed by atoms with E-state index in [2.05, 4.69) is 106 Å². The number of hydrogen-bond donors (Lipinski definition) is 4. The number of rotatable bonds is 8. The van der Waals surface area contributed by atoms with Crippen LogP contribution < -0.4 is 5.73 Å². The molecule has 2 aromatic carbocycles. The van der Waals surface area contributed by atoms with Gasteiger partial charge in [-0.05, 0) is 74.1 Å². The van der Waals surface area contributed by atoms with Gasteiger partial charge in [0.25, 0.3) is 0 Å². The lowest BCUT2D eigenvalue weighted by Gasteiger charge is -2.15. The molecule has 3 rings (SSSR count). The van der Waals surface area contributed by atoms with Crippen LogP contribution in [0.3, 0.4) is 0 Å². The molecule has 0 bridgehead atoms. The quantitative estimate of drug-likeness (QED) is 0.140. The topological polar surface area (TPSA) is 29.0 Å². The first-order valence-corrected chi connectivity index (χ1v) is 12.8. The summed E-state index contributed by atoms with van der Waals surface area (Å²) in [7, 11) is 0. The minimum atomic E-state index is -0.0342. The number of anilines is 1. The van der Waals surface area contributed by atoms with Crippen molar-refractivity contribution in [1.29, 1.82) is 0 Å². The smallest absolute Gasteiger partial charge is 0.209 e. The van der Waals surface area contributed by atoms with Crippen molar-refractivity contribution in [3.63, 3.8) is 0 Å². The molecule has 1 heterocycles. The summed E-state index contributed by atoms with van der Waals surface area (Å²) in [5.41, 5.74) is 11.7. The fraction of sp³-hybridized carbons (Fsp3) is 0.423. The summed E-state index contributed by atoms with van der Waals surface area (Å²) in [6.45, 7) is 7.82. The minimum Gasteiger partial charge on any atom is -0.399 e. The Kier molecular flexibility index (Phi) is 10.6. The highest BCUT2D eigenvalue weighted by Crippen LogP contribution is 2.41. The Morgan fingerprint density at radius 3 is 2.16 bits per heavy atom. The highest BCUT2D eigenvalue weighted by Gasteiger charge is 2.43. The fourth-order valence-corrected chi connectivity index (χ4v) is 4.46. The van der Waals surface area contributed by atoms with Crippen LogP contribution in [0.2, 0.25) is 0 Å². The van der Waals surface area contributed by atoms with Crippen LogP contribution in [0, 0.1) is 0 Å². The maximum Gasteiger partial charge on any atom is 0.209 e. The molecule has 0 aliphatic carbocycles. The Balaban J connectivity index is 0.000000423. The summed E-state index contributed by atoms with van der Waals surface area (Å²) in [6.07, 6.45) is 9.30. The molecule has 2 aromatic rings. The van der Waals surface area contributed by atoms with Crippen LogP contribution in [-0.4, -0.2) is 28.3 Å². The van der Waals surface area contributed by atoms with Crippen LogP contribution in [-0.2, 0) is 5.41 Å². The number of nitrogens with zero attached hydrogens (tertiary/aromatic N) is 1. The maximum absolute atomic E-state index is 5.78. The van der Waals surface area contributed by atoms with Gasteiger partial charge in [0.1, 0.15) is 6.54 Å². The van der Waals surface area contributed by atoms with Crippen LogP contribution in [0.25, 0.3) is 6.08 Å². The molecular weight excluding hydrogens is 437 g/mol. The number of fused-ring (bicyclic) bond motifs is 1. The summed E-state index contributed by atoms with van der Waals surface area (Å²) >= 11 is 12.7. The van der Waals surface area contributed by atoms with E-state index in [9.17, 15) is 0 Å². The predicted octanol–water partition coefficient (Wildman–Crippen LogP) is 7.07. The van der Waals surface area contributed by atoms with Crippen LogP contribution in [0.1, 0.15) is 57.6 Å². The molecule has 0 saturated heterocycles. The second-order valence-electron chi connectivity index (χ2n) is 8.37. The van der Waals surface area contributed by atoms with Gasteiger partial charge in [0.05, 0.1) is 5.41 Å². The van der Waals surface area contributed by atoms with Crippen LogP contribution in [0.5, 0.6) is 0 Å². The predicted molar refractivity (Wildman–Crippen MR) is 148 cm³/mol. The van der Waals surface area contributed by atoms with Crippen molar-refractivity contribution in [2.75, 3.05) is 23.8 Å². The third-order valence-electron chi connectivity index (χ3n) is 5.51. The van der Waals surface area contributed by atoms with Gasteiger partial charge < -0.3 is 5.73 Å². The Labute approximate surface area is 205 Å². The van der Waals surface area contributed by atoms with Gasteiger partial charge in [-0.3, -0.25) is 0 Å². The van der Waals surface area contributed by atoms with Gasteiger partial charge in [-0.25, -0.2) is 0 Å². The average Bonchev–Trinajstić information content (AvgIpc) is 2.95. The molecular formula is C26H37N2S3+. The molecule has 0 spiro atoms. The van der Waals surface area contributed by atoms with Crippen molar-refractivity contribution in [3.8, 4) is 0 Å². The molecule has 0 aromatic heterocycles. The lowest BCUT2D eigenvalue weighted by Crippen LogP contribution is -2.27. The largest absolute Gasteiger partial charge is 0.399 e. The molecule has 0 atom stereocenters. The fourth-order valence-electron chi connectivity index (χ4n) is 3.81. The summed E-state index contributed by atoms with van der Waals surface area (Å²) in [6, 6.07) is 14.5. The number of nitrogen functional groups attached to an aromatic ring is 1. The van der Waals surface area contributed by atoms with Gasteiger partial charge in [-0.15, -0.1) is 12.6 Å². The highest BCUT2D eigenvalue weighted by molar-refractivity contribution is 7.80. The molecule has 0 amide bonds. The zero-order valence-corrected chi connectivity index (χ0v) is 21.7. The first-order chi connectivity index (χ1) is 14.8. The van der Waals surface area contributed by atoms with E-state index < -0.39 is 0 Å². The van der Waals surface area contributed by atoms with E-state index in [1.165, 1.54) is 36.2 Å². The molecule has 1 aliphatic heterocycles. The Morgan fingerprint density at radius 1 is 0.935 bits per heavy atom. The SMILES string of the molecule is CCC[N+]1=C(/C=C/c2ccc(N)cc2)C(C)(C)c2cc(S)ccc21.SCCCCCS. The van der Waals surface area contributed by atoms with Crippen LogP contribution >= 0.6 is 37.9 Å². The third kappa shape index (κ3) is 7.10. The highest BCUT2D eigenvalue weighted by atomic mass is 32.1. The molecule has 0 saturated carbocycles. The lowest BCUT2D eigenvalue weighted by atomic mass is 9.81. The standard InChI is InChI=1S/C21H24N2S.C5H12S2/c1-4-13-23-19-11-10-17(24)14-18(19)21(2,3)20(23)12-7-15-5-8-16(22)9-6-15;6-4-2-1-3-5-7/h5-12,14,22,24H,4,13H2,1-3H3;6-7H,1-5H2/p+1. The van der Waals surface area contributed by atoms with Gasteiger partial charge >= 0.3 is 0 Å². The van der Waals surface area contributed by atoms with Gasteiger partial charge in [0.15, 0.2) is 5.71 Å². The molecule has 0 unspecified atom stereocenters. The van der Waals surface area contributed by atoms with Gasteiger partial charge in [0, 0.05) is 34.7 Å². The van der Waals surface area contributed by atoms with Crippen molar-refractivity contribution < 1.29 is 4.58 Å². The number of nitrogens with two attached hydrogens (primary N) is 1. The van der Waals surface area contributed by atoms with Crippen molar-refractivity contribution in [2.45, 2.75) is 56.8 Å². The van der Waals surface area contributed by atoms with Gasteiger partial charge in [0.2, 0.25) is 5.69 Å². The molecule has 168 valence electrons. The van der Waals surface area contributed by atoms with Crippen molar-refractivity contribution in [3.05, 3.63) is 59.7 Å². The first kappa shape index (κ1) is 26.0. The summed E-state index contributed by atoms with van der Waals surface area (Å²) in [5, 5.41) is 0. The summed E-state index contributed by atoms with van der Waals surface area (Å²) < 4.78 is 2.44. The van der Waals surface area contributed by atoms with Gasteiger partial charge in [-0.1, -0.05) is 25.5 Å². The zero-order valence-electron chi connectivity index (χ0n) is 19.0. The number of benzene rings is 2. The normalized spacial score (nSPS) is 14.5. The average molecular weight is 474 g/mol. The van der Waals surface area contributed by atoms with E-state index in [1.54, 1.807) is 0 Å². The Bertz CT molecular complexity index is 895. The minimum absolute atomic E-state index is 0.0342. The van der Waals surface area contributed by atoms with Crippen molar-refractivity contribution in [1.82, 2.24) is 0 Å². The van der Waals surface area contributed by atoms with E-state index in [0.29, 0.717) is 0 Å². The maximum atomic E-state index is 5.78. The van der Waals surface area contributed by atoms with Crippen molar-refractivity contribution >= 4 is 61.0 Å². The Morgan fingerprint density at radius 2 is 1.58 bits per heavy atom. The molecule has 2 nitrogen and oxygen atoms in total. The molecule has 5 heteroatoms. The van der Waals surface area contributed by atoms with Crippen LogP contribution in [0.15, 0.2) is 53.4 Å². The molecule has 2 N–H and O–H groups in total. The number of allylic oxidation sites excluding steroid dienone is 1. The Hall–Kier alpha value is -1.30. The number of thiol groups is 3. The third-order valence-corrected chi connectivity index (χ3v) is 6.42. The van der Waals surface area contributed by atoms with Crippen molar-refractivity contribution in [2.24, 2.45) is 0 Å². The first-order valence-electron chi connectivity index (χ1n) is 11.1. The summed E-state index contributed by atoms with van der Waals surface area (Å²) in [4.78, 5) is 1.02. The summed E-state index contributed by atoms with van der Waals surface area (Å²) in [5.74, 6) is 2.04. The van der Waals surface area contributed by atoms with Gasteiger partial charge in [-0.2, -0.15) is 29.8 Å². The molecule has 1 aliphatic rings. The van der Waals surface area contributed by atoms with E-state index in [4.69, 9.17) is 5.73 Å². The van der Waals surface area contributed by atoms with E-state index in [-0.39, 0.29) is 5.41 Å². The number of unbranched alkanes of at least 4 members (excludes halogenated alkanes) is 2. The second-order valence-corrected chi connectivity index (χ2v) is 9.78. The molecule has 31 heavy (non-hydrogen) atoms. The zero-order chi connectivity index (χ0) is 22.9. The second kappa shape index (κ2) is 12.7. The molecule has 0 radical (unpaired) electrons.